The summed E-state index contributed by atoms with van der Waals surface area (Å²) in [6.45, 7) is 0. The largest absolute Gasteiger partial charge is 0.422 e. The summed E-state index contributed by atoms with van der Waals surface area (Å²) < 4.78 is 19.5. The Morgan fingerprint density at radius 2 is 2.23 bits per heavy atom. The molecule has 8 heteroatoms. The molecule has 0 unspecified atom stereocenters. The van der Waals surface area contributed by atoms with Gasteiger partial charge < -0.3 is 15.5 Å². The molecule has 1 aromatic carbocycles. The number of rotatable bonds is 1. The smallest absolute Gasteiger partial charge is 0.258 e. The molecular formula is C14H8ClFN4O2. The minimum absolute atomic E-state index is 0.0137. The van der Waals surface area contributed by atoms with Crippen LogP contribution in [0.3, 0.4) is 0 Å². The van der Waals surface area contributed by atoms with Crippen molar-refractivity contribution < 1.29 is 9.13 Å². The van der Waals surface area contributed by atoms with Gasteiger partial charge in [0.2, 0.25) is 11.8 Å². The predicted molar refractivity (Wildman–Crippen MR) is 75.6 cm³/mol. The van der Waals surface area contributed by atoms with Gasteiger partial charge >= 0.3 is 0 Å². The van der Waals surface area contributed by atoms with E-state index >= 15 is 0 Å². The molecule has 22 heavy (non-hydrogen) atoms. The summed E-state index contributed by atoms with van der Waals surface area (Å²) >= 11 is 6.07. The van der Waals surface area contributed by atoms with Crippen molar-refractivity contribution >= 4 is 11.6 Å². The van der Waals surface area contributed by atoms with Crippen LogP contribution in [-0.2, 0) is 0 Å². The highest BCUT2D eigenvalue weighted by Gasteiger charge is 2.36. The van der Waals surface area contributed by atoms with Crippen LogP contribution in [0.4, 0.5) is 4.39 Å². The molecule has 2 aromatic rings. The molecule has 0 spiro atoms. The maximum Gasteiger partial charge on any atom is 0.258 e. The van der Waals surface area contributed by atoms with Crippen LogP contribution in [0.2, 0.25) is 5.02 Å². The zero-order valence-corrected chi connectivity index (χ0v) is 11.7. The van der Waals surface area contributed by atoms with Gasteiger partial charge in [0.1, 0.15) is 17.5 Å². The highest BCUT2D eigenvalue weighted by molar-refractivity contribution is 6.31. The average Bonchev–Trinajstić information content (AvgIpc) is 2.46. The molecule has 1 aromatic heterocycles. The molecule has 0 saturated heterocycles. The molecule has 3 N–H and O–H groups in total. The van der Waals surface area contributed by atoms with E-state index in [9.17, 15) is 14.4 Å². The van der Waals surface area contributed by atoms with E-state index in [1.807, 2.05) is 6.07 Å². The Labute approximate surface area is 128 Å². The Kier molecular flexibility index (Phi) is 3.31. The van der Waals surface area contributed by atoms with Gasteiger partial charge in [-0.1, -0.05) is 17.7 Å². The van der Waals surface area contributed by atoms with Crippen LogP contribution >= 0.6 is 11.6 Å². The van der Waals surface area contributed by atoms with Crippen LogP contribution in [0, 0.1) is 17.1 Å². The van der Waals surface area contributed by atoms with E-state index in [0.717, 1.165) is 6.33 Å². The van der Waals surface area contributed by atoms with Crippen molar-refractivity contribution in [1.29, 1.82) is 5.26 Å². The van der Waals surface area contributed by atoms with E-state index in [2.05, 4.69) is 9.97 Å². The lowest BCUT2D eigenvalue weighted by atomic mass is 9.85. The fourth-order valence-corrected chi connectivity index (χ4v) is 2.64. The van der Waals surface area contributed by atoms with Gasteiger partial charge in [-0.15, -0.1) is 0 Å². The van der Waals surface area contributed by atoms with E-state index in [0.29, 0.717) is 0 Å². The lowest BCUT2D eigenvalue weighted by Crippen LogP contribution is -2.28. The number of aromatic amines is 1. The standard InChI is InChI=1S/C14H8ClFN4O2/c15-7-2-1-3-8(16)10(7)9-6(4-17)12(18)22-14-11(9)13(21)19-5-20-14/h1-3,5,9H,18H2,(H,19,20,21)/t9-/m0/s1. The molecule has 6 nitrogen and oxygen atoms in total. The van der Waals surface area contributed by atoms with Gasteiger partial charge in [-0.05, 0) is 12.1 Å². The molecule has 1 atom stereocenters. The molecule has 110 valence electrons. The molecule has 0 radical (unpaired) electrons. The molecule has 0 aliphatic carbocycles. The fraction of sp³-hybridized carbons (Fsp3) is 0.0714. The molecule has 2 heterocycles. The first-order valence-corrected chi connectivity index (χ1v) is 6.51. The molecule has 3 rings (SSSR count). The Hall–Kier alpha value is -2.85. The Morgan fingerprint density at radius 3 is 2.91 bits per heavy atom. The summed E-state index contributed by atoms with van der Waals surface area (Å²) in [7, 11) is 0. The van der Waals surface area contributed by atoms with Gasteiger partial charge in [0, 0.05) is 10.6 Å². The van der Waals surface area contributed by atoms with Gasteiger partial charge in [0.05, 0.1) is 17.8 Å². The third-order valence-corrected chi connectivity index (χ3v) is 3.64. The maximum atomic E-state index is 14.3. The maximum absolute atomic E-state index is 14.3. The molecule has 0 fully saturated rings. The minimum atomic E-state index is -1.08. The summed E-state index contributed by atoms with van der Waals surface area (Å²) in [5.74, 6) is -2.06. The van der Waals surface area contributed by atoms with Crippen molar-refractivity contribution in [3.05, 3.63) is 68.3 Å². The van der Waals surface area contributed by atoms with Crippen molar-refractivity contribution in [3.8, 4) is 11.9 Å². The predicted octanol–water partition coefficient (Wildman–Crippen LogP) is 1.78. The van der Waals surface area contributed by atoms with Gasteiger partial charge in [0.15, 0.2) is 0 Å². The molecule has 0 bridgehead atoms. The number of allylic oxidation sites excluding steroid dienone is 1. The van der Waals surface area contributed by atoms with Gasteiger partial charge in [-0.25, -0.2) is 9.37 Å². The van der Waals surface area contributed by atoms with Crippen molar-refractivity contribution in [1.82, 2.24) is 9.97 Å². The summed E-state index contributed by atoms with van der Waals surface area (Å²) in [5, 5.41) is 9.40. The Bertz CT molecular complexity index is 880. The van der Waals surface area contributed by atoms with Gasteiger partial charge in [-0.2, -0.15) is 5.26 Å². The SMILES string of the molecule is N#CC1=C(N)Oc2nc[nH]c(=O)c2[C@@H]1c1c(F)cccc1Cl. The van der Waals surface area contributed by atoms with E-state index in [1.54, 1.807) is 0 Å². The van der Waals surface area contributed by atoms with Crippen LogP contribution in [-0.4, -0.2) is 9.97 Å². The number of nitrogens with two attached hydrogens (primary N) is 1. The second-order valence-electron chi connectivity index (χ2n) is 4.51. The monoisotopic (exact) mass is 318 g/mol. The topological polar surface area (TPSA) is 105 Å². The number of hydrogen-bond donors (Lipinski definition) is 2. The number of ether oxygens (including phenoxy) is 1. The molecule has 0 amide bonds. The minimum Gasteiger partial charge on any atom is -0.422 e. The van der Waals surface area contributed by atoms with Crippen LogP contribution in [0.25, 0.3) is 0 Å². The van der Waals surface area contributed by atoms with Crippen LogP contribution in [0.1, 0.15) is 17.0 Å². The number of nitrogens with zero attached hydrogens (tertiary/aromatic N) is 2. The number of H-pyrrole nitrogens is 1. The first kappa shape index (κ1) is 14.1. The normalized spacial score (nSPS) is 16.7. The quantitative estimate of drug-likeness (QED) is 0.834. The number of fused-ring (bicyclic) bond motifs is 1. The van der Waals surface area contributed by atoms with E-state index < -0.39 is 17.3 Å². The zero-order chi connectivity index (χ0) is 15.9. The van der Waals surface area contributed by atoms with E-state index in [-0.39, 0.29) is 33.5 Å². The van der Waals surface area contributed by atoms with E-state index in [4.69, 9.17) is 22.1 Å². The third-order valence-electron chi connectivity index (χ3n) is 3.31. The zero-order valence-electron chi connectivity index (χ0n) is 10.9. The molecule has 1 aliphatic rings. The summed E-state index contributed by atoms with van der Waals surface area (Å²) in [4.78, 5) is 18.4. The number of benzene rings is 1. The van der Waals surface area contributed by atoms with Crippen molar-refractivity contribution in [2.45, 2.75) is 5.92 Å². The number of nitriles is 1. The fourth-order valence-electron chi connectivity index (χ4n) is 2.37. The molecule has 1 aliphatic heterocycles. The lowest BCUT2D eigenvalue weighted by Gasteiger charge is -2.25. The third kappa shape index (κ3) is 2.01. The summed E-state index contributed by atoms with van der Waals surface area (Å²) in [6.07, 6.45) is 1.13. The van der Waals surface area contributed by atoms with Gasteiger partial charge in [0.25, 0.3) is 5.56 Å². The average molecular weight is 319 g/mol. The van der Waals surface area contributed by atoms with Crippen molar-refractivity contribution in [2.24, 2.45) is 5.73 Å². The number of aromatic nitrogens is 2. The van der Waals surface area contributed by atoms with Crippen LogP contribution in [0.15, 0.2) is 40.8 Å². The highest BCUT2D eigenvalue weighted by Crippen LogP contribution is 2.42. The summed E-state index contributed by atoms with van der Waals surface area (Å²) in [6, 6.07) is 5.92. The Morgan fingerprint density at radius 1 is 1.45 bits per heavy atom. The number of hydrogen-bond acceptors (Lipinski definition) is 5. The Balaban J connectivity index is 2.39. The number of halogens is 2. The molecule has 0 saturated carbocycles. The van der Waals surface area contributed by atoms with Crippen LogP contribution in [0.5, 0.6) is 5.88 Å². The second kappa shape index (κ2) is 5.16. The second-order valence-corrected chi connectivity index (χ2v) is 4.92. The van der Waals surface area contributed by atoms with Crippen molar-refractivity contribution in [2.75, 3.05) is 0 Å². The van der Waals surface area contributed by atoms with E-state index in [1.165, 1.54) is 18.2 Å². The first-order chi connectivity index (χ1) is 10.5. The highest BCUT2D eigenvalue weighted by atomic mass is 35.5. The summed E-state index contributed by atoms with van der Waals surface area (Å²) in [5.41, 5.74) is 5.00. The van der Waals surface area contributed by atoms with Crippen LogP contribution < -0.4 is 16.0 Å². The molecular weight excluding hydrogens is 311 g/mol. The first-order valence-electron chi connectivity index (χ1n) is 6.13. The van der Waals surface area contributed by atoms with Gasteiger partial charge in [-0.3, -0.25) is 4.79 Å². The lowest BCUT2D eigenvalue weighted by molar-refractivity contribution is 0.374. The number of nitrogens with one attached hydrogen (secondary N) is 1. The van der Waals surface area contributed by atoms with Crippen molar-refractivity contribution in [3.63, 3.8) is 0 Å².